The van der Waals surface area contributed by atoms with Crippen LogP contribution in [0.4, 0.5) is 5.69 Å². The summed E-state index contributed by atoms with van der Waals surface area (Å²) < 4.78 is 5.77. The predicted octanol–water partition coefficient (Wildman–Crippen LogP) is 3.78. The van der Waals surface area contributed by atoms with E-state index in [1.54, 1.807) is 19.1 Å². The van der Waals surface area contributed by atoms with Gasteiger partial charge in [0.05, 0.1) is 12.5 Å². The zero-order valence-electron chi connectivity index (χ0n) is 13.6. The van der Waals surface area contributed by atoms with Gasteiger partial charge in [0.15, 0.2) is 6.10 Å². The molecule has 1 amide bonds. The first-order chi connectivity index (χ1) is 11.0. The normalized spacial score (nSPS) is 11.4. The minimum atomic E-state index is -0.603. The standard InChI is InChI=1S/C19H20N2O2/c1-13-5-4-6-18(14(13)2)23-15(3)19(22)21-17-9-7-16(8-10-17)11-12-20/h4-10,15H,11H2,1-3H3,(H,21,22)/t15-/m0/s1. The van der Waals surface area contributed by atoms with Crippen LogP contribution in [-0.2, 0) is 11.2 Å². The molecule has 23 heavy (non-hydrogen) atoms. The van der Waals surface area contributed by atoms with E-state index in [-0.39, 0.29) is 5.91 Å². The summed E-state index contributed by atoms with van der Waals surface area (Å²) in [7, 11) is 0. The Labute approximate surface area is 136 Å². The monoisotopic (exact) mass is 308 g/mol. The fourth-order valence-corrected chi connectivity index (χ4v) is 2.14. The third-order valence-corrected chi connectivity index (χ3v) is 3.73. The van der Waals surface area contributed by atoms with Crippen molar-refractivity contribution in [3.05, 3.63) is 59.2 Å². The molecule has 1 atom stereocenters. The highest BCUT2D eigenvalue weighted by Crippen LogP contribution is 2.22. The molecule has 0 aliphatic rings. The molecule has 0 heterocycles. The van der Waals surface area contributed by atoms with Gasteiger partial charge in [0.1, 0.15) is 5.75 Å². The van der Waals surface area contributed by atoms with Crippen LogP contribution in [0.3, 0.4) is 0 Å². The first kappa shape index (κ1) is 16.6. The van der Waals surface area contributed by atoms with Crippen LogP contribution in [-0.4, -0.2) is 12.0 Å². The lowest BCUT2D eigenvalue weighted by molar-refractivity contribution is -0.122. The molecule has 0 fully saturated rings. The number of nitrogens with zero attached hydrogens (tertiary/aromatic N) is 1. The number of carbonyl (C=O) groups is 1. The summed E-state index contributed by atoms with van der Waals surface area (Å²) in [6.07, 6.45) is -0.241. The van der Waals surface area contributed by atoms with Crippen molar-refractivity contribution in [3.8, 4) is 11.8 Å². The van der Waals surface area contributed by atoms with E-state index in [1.807, 2.05) is 44.2 Å². The molecule has 118 valence electrons. The molecule has 0 aliphatic heterocycles. The second kappa shape index (κ2) is 7.46. The third kappa shape index (κ3) is 4.33. The van der Waals surface area contributed by atoms with Crippen LogP contribution in [0, 0.1) is 25.2 Å². The Morgan fingerprint density at radius 1 is 1.22 bits per heavy atom. The molecule has 4 heteroatoms. The first-order valence-corrected chi connectivity index (χ1v) is 7.51. The summed E-state index contributed by atoms with van der Waals surface area (Å²) in [5.41, 5.74) is 3.77. The van der Waals surface area contributed by atoms with Crippen molar-refractivity contribution in [3.63, 3.8) is 0 Å². The molecular weight excluding hydrogens is 288 g/mol. The van der Waals surface area contributed by atoms with E-state index >= 15 is 0 Å². The number of benzene rings is 2. The Kier molecular flexibility index (Phi) is 5.37. The fourth-order valence-electron chi connectivity index (χ4n) is 2.14. The van der Waals surface area contributed by atoms with E-state index in [0.717, 1.165) is 22.4 Å². The smallest absolute Gasteiger partial charge is 0.265 e. The van der Waals surface area contributed by atoms with Crippen LogP contribution in [0.15, 0.2) is 42.5 Å². The maximum absolute atomic E-state index is 12.2. The van der Waals surface area contributed by atoms with Crippen molar-refractivity contribution < 1.29 is 9.53 Å². The lowest BCUT2D eigenvalue weighted by Crippen LogP contribution is -2.30. The molecule has 1 N–H and O–H groups in total. The van der Waals surface area contributed by atoms with Crippen LogP contribution in [0.1, 0.15) is 23.6 Å². The van der Waals surface area contributed by atoms with Crippen molar-refractivity contribution in [2.24, 2.45) is 0 Å². The highest BCUT2D eigenvalue weighted by molar-refractivity contribution is 5.94. The van der Waals surface area contributed by atoms with Gasteiger partial charge in [0.2, 0.25) is 0 Å². The largest absolute Gasteiger partial charge is 0.481 e. The number of carbonyl (C=O) groups excluding carboxylic acids is 1. The maximum Gasteiger partial charge on any atom is 0.265 e. The van der Waals surface area contributed by atoms with E-state index in [2.05, 4.69) is 11.4 Å². The van der Waals surface area contributed by atoms with Crippen molar-refractivity contribution in [2.45, 2.75) is 33.3 Å². The number of amides is 1. The van der Waals surface area contributed by atoms with Gasteiger partial charge >= 0.3 is 0 Å². The molecule has 0 aliphatic carbocycles. The summed E-state index contributed by atoms with van der Waals surface area (Å²) in [5.74, 6) is 0.510. The second-order valence-corrected chi connectivity index (χ2v) is 5.48. The van der Waals surface area contributed by atoms with Gasteiger partial charge in [0.25, 0.3) is 5.91 Å². The van der Waals surface area contributed by atoms with Crippen LogP contribution < -0.4 is 10.1 Å². The van der Waals surface area contributed by atoms with Crippen molar-refractivity contribution in [1.82, 2.24) is 0 Å². The zero-order valence-corrected chi connectivity index (χ0v) is 13.6. The Morgan fingerprint density at radius 2 is 1.91 bits per heavy atom. The topological polar surface area (TPSA) is 62.1 Å². The number of ether oxygens (including phenoxy) is 1. The molecule has 0 aromatic heterocycles. The third-order valence-electron chi connectivity index (χ3n) is 3.73. The van der Waals surface area contributed by atoms with E-state index < -0.39 is 6.10 Å². The highest BCUT2D eigenvalue weighted by Gasteiger charge is 2.16. The average molecular weight is 308 g/mol. The number of rotatable bonds is 5. The molecule has 4 nitrogen and oxygen atoms in total. The number of anilines is 1. The van der Waals surface area contributed by atoms with Gasteiger partial charge in [-0.05, 0) is 55.7 Å². The summed E-state index contributed by atoms with van der Waals surface area (Å²) in [5, 5.41) is 11.5. The number of aryl methyl sites for hydroxylation is 1. The SMILES string of the molecule is Cc1cccc(O[C@@H](C)C(=O)Nc2ccc(CC#N)cc2)c1C. The summed E-state index contributed by atoms with van der Waals surface area (Å²) in [6.45, 7) is 5.71. The Bertz CT molecular complexity index is 730. The number of hydrogen-bond acceptors (Lipinski definition) is 3. The lowest BCUT2D eigenvalue weighted by Gasteiger charge is -2.17. The molecular formula is C19H20N2O2. The van der Waals surface area contributed by atoms with E-state index in [0.29, 0.717) is 12.1 Å². The molecule has 2 aromatic carbocycles. The first-order valence-electron chi connectivity index (χ1n) is 7.51. The summed E-state index contributed by atoms with van der Waals surface area (Å²) in [6, 6.07) is 15.1. The molecule has 0 spiro atoms. The van der Waals surface area contributed by atoms with Gasteiger partial charge in [0, 0.05) is 5.69 Å². The van der Waals surface area contributed by atoms with Crippen molar-refractivity contribution in [2.75, 3.05) is 5.32 Å². The van der Waals surface area contributed by atoms with Gasteiger partial charge in [-0.3, -0.25) is 4.79 Å². The highest BCUT2D eigenvalue weighted by atomic mass is 16.5. The Morgan fingerprint density at radius 3 is 2.57 bits per heavy atom. The minimum absolute atomic E-state index is 0.209. The van der Waals surface area contributed by atoms with Gasteiger partial charge < -0.3 is 10.1 Å². The summed E-state index contributed by atoms with van der Waals surface area (Å²) in [4.78, 5) is 12.2. The number of hydrogen-bond donors (Lipinski definition) is 1. The van der Waals surface area contributed by atoms with Gasteiger partial charge in [-0.15, -0.1) is 0 Å². The van der Waals surface area contributed by atoms with Crippen LogP contribution >= 0.6 is 0 Å². The summed E-state index contributed by atoms with van der Waals surface area (Å²) >= 11 is 0. The molecule has 0 unspecified atom stereocenters. The van der Waals surface area contributed by atoms with Gasteiger partial charge in [-0.2, -0.15) is 5.26 Å². The molecule has 2 aromatic rings. The van der Waals surface area contributed by atoms with Crippen LogP contribution in [0.5, 0.6) is 5.75 Å². The Balaban J connectivity index is 2.00. The van der Waals surface area contributed by atoms with Gasteiger partial charge in [-0.1, -0.05) is 24.3 Å². The van der Waals surface area contributed by atoms with E-state index in [4.69, 9.17) is 10.00 Å². The second-order valence-electron chi connectivity index (χ2n) is 5.48. The van der Waals surface area contributed by atoms with Gasteiger partial charge in [-0.25, -0.2) is 0 Å². The maximum atomic E-state index is 12.2. The molecule has 0 saturated heterocycles. The molecule has 0 radical (unpaired) electrons. The van der Waals surface area contributed by atoms with Crippen molar-refractivity contribution in [1.29, 1.82) is 5.26 Å². The van der Waals surface area contributed by atoms with Crippen molar-refractivity contribution >= 4 is 11.6 Å². The quantitative estimate of drug-likeness (QED) is 0.914. The lowest BCUT2D eigenvalue weighted by atomic mass is 10.1. The molecule has 0 saturated carbocycles. The minimum Gasteiger partial charge on any atom is -0.481 e. The average Bonchev–Trinajstić information content (AvgIpc) is 2.54. The van der Waals surface area contributed by atoms with Crippen LogP contribution in [0.2, 0.25) is 0 Å². The number of nitrogens with one attached hydrogen (secondary N) is 1. The van der Waals surface area contributed by atoms with E-state index in [9.17, 15) is 4.79 Å². The number of nitriles is 1. The fraction of sp³-hybridized carbons (Fsp3) is 0.263. The van der Waals surface area contributed by atoms with E-state index in [1.165, 1.54) is 0 Å². The zero-order chi connectivity index (χ0) is 16.8. The molecule has 2 rings (SSSR count). The predicted molar refractivity (Wildman–Crippen MR) is 90.4 cm³/mol. The molecule has 0 bridgehead atoms. The van der Waals surface area contributed by atoms with Crippen LogP contribution in [0.25, 0.3) is 0 Å². The Hall–Kier alpha value is -2.80.